The molecule has 0 unspecified atom stereocenters. The molecule has 0 amide bonds. The summed E-state index contributed by atoms with van der Waals surface area (Å²) in [6.07, 6.45) is 1.40. The summed E-state index contributed by atoms with van der Waals surface area (Å²) < 4.78 is 12.8. The second-order valence-electron chi connectivity index (χ2n) is 2.69. The average Bonchev–Trinajstić information content (AvgIpc) is 2.10. The van der Waals surface area contributed by atoms with E-state index in [0.717, 1.165) is 12.1 Å². The van der Waals surface area contributed by atoms with Crippen molar-refractivity contribution in [2.24, 2.45) is 5.73 Å². The summed E-state index contributed by atoms with van der Waals surface area (Å²) in [4.78, 5) is 0. The summed E-state index contributed by atoms with van der Waals surface area (Å²) in [5.74, 6) is -0.712. The first kappa shape index (κ1) is 12.7. The number of nitrogen functional groups attached to an aromatic ring is 1. The van der Waals surface area contributed by atoms with Crippen LogP contribution in [0.1, 0.15) is 11.6 Å². The Morgan fingerprint density at radius 1 is 1.50 bits per heavy atom. The molecule has 0 aliphatic heterocycles. The number of aromatic hydroxyl groups is 1. The Morgan fingerprint density at radius 3 is 2.57 bits per heavy atom. The third kappa shape index (κ3) is 2.37. The number of benzene rings is 1. The first-order valence-corrected chi connectivity index (χ1v) is 3.72. The quantitative estimate of drug-likeness (QED) is 0.402. The van der Waals surface area contributed by atoms with Gasteiger partial charge >= 0.3 is 0 Å². The fourth-order valence-electron chi connectivity index (χ4n) is 1.02. The van der Waals surface area contributed by atoms with Gasteiger partial charge in [-0.2, -0.15) is 0 Å². The monoisotopic (exact) mass is 218 g/mol. The van der Waals surface area contributed by atoms with E-state index in [4.69, 9.17) is 11.5 Å². The van der Waals surface area contributed by atoms with E-state index in [9.17, 15) is 9.50 Å². The zero-order valence-electron chi connectivity index (χ0n) is 7.40. The van der Waals surface area contributed by atoms with E-state index in [1.165, 1.54) is 6.08 Å². The Bertz CT molecular complexity index is 344. The fourth-order valence-corrected chi connectivity index (χ4v) is 1.02. The molecular formula is C9H12ClFN2O. The second-order valence-corrected chi connectivity index (χ2v) is 2.69. The average molecular weight is 219 g/mol. The van der Waals surface area contributed by atoms with Gasteiger partial charge in [-0.15, -0.1) is 19.0 Å². The van der Waals surface area contributed by atoms with Crippen LogP contribution in [0.2, 0.25) is 0 Å². The number of hydrogen-bond acceptors (Lipinski definition) is 3. The zero-order valence-corrected chi connectivity index (χ0v) is 8.22. The van der Waals surface area contributed by atoms with Gasteiger partial charge in [0.2, 0.25) is 0 Å². The second kappa shape index (κ2) is 4.83. The molecule has 1 aromatic rings. The molecule has 1 aromatic carbocycles. The lowest BCUT2D eigenvalue weighted by atomic mass is 10.1. The van der Waals surface area contributed by atoms with Gasteiger partial charge in [0.25, 0.3) is 0 Å². The predicted molar refractivity (Wildman–Crippen MR) is 56.9 cm³/mol. The largest absolute Gasteiger partial charge is 0.505 e. The highest BCUT2D eigenvalue weighted by molar-refractivity contribution is 5.85. The number of hydrogen-bond donors (Lipinski definition) is 3. The van der Waals surface area contributed by atoms with Gasteiger partial charge in [-0.1, -0.05) is 6.08 Å². The summed E-state index contributed by atoms with van der Waals surface area (Å²) in [7, 11) is 0. The van der Waals surface area contributed by atoms with Crippen molar-refractivity contribution in [1.29, 1.82) is 0 Å². The first-order valence-electron chi connectivity index (χ1n) is 3.72. The number of anilines is 1. The summed E-state index contributed by atoms with van der Waals surface area (Å²) in [5, 5.41) is 9.40. The molecule has 14 heavy (non-hydrogen) atoms. The summed E-state index contributed by atoms with van der Waals surface area (Å²) in [6, 6.07) is 1.56. The van der Waals surface area contributed by atoms with Gasteiger partial charge in [-0.3, -0.25) is 0 Å². The number of rotatable bonds is 2. The molecule has 0 aliphatic carbocycles. The molecule has 1 atom stereocenters. The summed E-state index contributed by atoms with van der Waals surface area (Å²) in [5.41, 5.74) is 11.1. The fraction of sp³-hybridized carbons (Fsp3) is 0.111. The number of phenolic OH excluding ortho intramolecular Hbond substituents is 1. The predicted octanol–water partition coefficient (Wildman–Crippen LogP) is 1.72. The Kier molecular flexibility index (Phi) is 4.40. The number of nitrogens with two attached hydrogens (primary N) is 2. The highest BCUT2D eigenvalue weighted by atomic mass is 35.5. The van der Waals surface area contributed by atoms with Gasteiger partial charge in [-0.05, 0) is 6.07 Å². The van der Waals surface area contributed by atoms with Crippen molar-refractivity contribution in [2.45, 2.75) is 6.04 Å². The van der Waals surface area contributed by atoms with Crippen LogP contribution in [0.5, 0.6) is 5.75 Å². The van der Waals surface area contributed by atoms with E-state index < -0.39 is 11.9 Å². The zero-order chi connectivity index (χ0) is 10.0. The third-order valence-corrected chi connectivity index (χ3v) is 1.75. The molecule has 0 aliphatic rings. The van der Waals surface area contributed by atoms with Crippen molar-refractivity contribution in [3.63, 3.8) is 0 Å². The van der Waals surface area contributed by atoms with Crippen molar-refractivity contribution in [1.82, 2.24) is 0 Å². The number of halogens is 2. The smallest absolute Gasteiger partial charge is 0.143 e. The van der Waals surface area contributed by atoms with Crippen LogP contribution in [-0.2, 0) is 0 Å². The molecule has 0 bridgehead atoms. The van der Waals surface area contributed by atoms with E-state index >= 15 is 0 Å². The normalized spacial score (nSPS) is 11.6. The minimum atomic E-state index is -0.613. The van der Waals surface area contributed by atoms with Gasteiger partial charge in [0.1, 0.15) is 11.6 Å². The standard InChI is InChI=1S/C9H11FN2O.ClH/c1-2-7(11)6-3-5(10)4-8(12)9(6)13;/h2-4,7,13H,1,11-12H2;1H/t7-;/m1./s1. The van der Waals surface area contributed by atoms with E-state index in [1.807, 2.05) is 0 Å². The highest BCUT2D eigenvalue weighted by Crippen LogP contribution is 2.30. The lowest BCUT2D eigenvalue weighted by Gasteiger charge is -2.10. The van der Waals surface area contributed by atoms with Crippen molar-refractivity contribution < 1.29 is 9.50 Å². The van der Waals surface area contributed by atoms with Gasteiger partial charge in [0, 0.05) is 11.6 Å². The molecule has 5 heteroatoms. The molecule has 5 N–H and O–H groups in total. The maximum absolute atomic E-state index is 12.8. The Labute approximate surface area is 87.6 Å². The molecule has 3 nitrogen and oxygen atoms in total. The number of phenols is 1. The topological polar surface area (TPSA) is 72.3 Å². The molecule has 0 saturated carbocycles. The van der Waals surface area contributed by atoms with E-state index in [-0.39, 0.29) is 29.4 Å². The lowest BCUT2D eigenvalue weighted by Crippen LogP contribution is -2.08. The first-order chi connectivity index (χ1) is 6.06. The van der Waals surface area contributed by atoms with Crippen molar-refractivity contribution >= 4 is 18.1 Å². The van der Waals surface area contributed by atoms with Gasteiger partial charge < -0.3 is 16.6 Å². The minimum absolute atomic E-state index is 0. The lowest BCUT2D eigenvalue weighted by molar-refractivity contribution is 0.466. The maximum atomic E-state index is 12.8. The van der Waals surface area contributed by atoms with Crippen molar-refractivity contribution in [3.8, 4) is 5.75 Å². The van der Waals surface area contributed by atoms with Crippen LogP contribution in [0, 0.1) is 5.82 Å². The van der Waals surface area contributed by atoms with Crippen LogP contribution in [-0.4, -0.2) is 5.11 Å². The third-order valence-electron chi connectivity index (χ3n) is 1.75. The molecule has 0 spiro atoms. The van der Waals surface area contributed by atoms with Crippen molar-refractivity contribution in [3.05, 3.63) is 36.2 Å². The SMILES string of the molecule is C=C[C@@H](N)c1cc(F)cc(N)c1O.Cl. The molecule has 0 radical (unpaired) electrons. The summed E-state index contributed by atoms with van der Waals surface area (Å²) >= 11 is 0. The molecular weight excluding hydrogens is 207 g/mol. The molecule has 0 saturated heterocycles. The molecule has 0 aromatic heterocycles. The highest BCUT2D eigenvalue weighted by Gasteiger charge is 2.11. The minimum Gasteiger partial charge on any atom is -0.505 e. The Morgan fingerprint density at radius 2 is 2.07 bits per heavy atom. The van der Waals surface area contributed by atoms with E-state index in [1.54, 1.807) is 0 Å². The molecule has 1 rings (SSSR count). The van der Waals surface area contributed by atoms with Crippen LogP contribution in [0.15, 0.2) is 24.8 Å². The van der Waals surface area contributed by atoms with Crippen molar-refractivity contribution in [2.75, 3.05) is 5.73 Å². The van der Waals surface area contributed by atoms with E-state index in [2.05, 4.69) is 6.58 Å². The summed E-state index contributed by atoms with van der Waals surface area (Å²) in [6.45, 7) is 3.44. The Hall–Kier alpha value is -1.26. The maximum Gasteiger partial charge on any atom is 0.143 e. The van der Waals surface area contributed by atoms with Crippen LogP contribution in [0.3, 0.4) is 0 Å². The Balaban J connectivity index is 0.00000169. The molecule has 78 valence electrons. The van der Waals surface area contributed by atoms with Gasteiger partial charge in [0.05, 0.1) is 11.7 Å². The van der Waals surface area contributed by atoms with Crippen LogP contribution in [0.25, 0.3) is 0 Å². The van der Waals surface area contributed by atoms with Crippen LogP contribution in [0.4, 0.5) is 10.1 Å². The van der Waals surface area contributed by atoms with Crippen LogP contribution < -0.4 is 11.5 Å². The molecule has 0 heterocycles. The van der Waals surface area contributed by atoms with Crippen LogP contribution >= 0.6 is 12.4 Å². The molecule has 0 fully saturated rings. The van der Waals surface area contributed by atoms with Gasteiger partial charge in [-0.25, -0.2) is 4.39 Å². The van der Waals surface area contributed by atoms with E-state index in [0.29, 0.717) is 0 Å². The van der Waals surface area contributed by atoms with Gasteiger partial charge in [0.15, 0.2) is 0 Å².